The van der Waals surface area contributed by atoms with Crippen LogP contribution in [0, 0.1) is 0 Å². The van der Waals surface area contributed by atoms with Crippen molar-refractivity contribution in [3.63, 3.8) is 0 Å². The number of carboxylic acid groups (broad SMARTS) is 1. The molecule has 0 amide bonds. The van der Waals surface area contributed by atoms with Crippen LogP contribution in [0.15, 0.2) is 6.07 Å². The van der Waals surface area contributed by atoms with Crippen LogP contribution in [0.3, 0.4) is 0 Å². The van der Waals surface area contributed by atoms with Gasteiger partial charge in [0.05, 0.1) is 11.7 Å². The first-order chi connectivity index (χ1) is 6.68. The number of aromatic nitrogens is 2. The predicted octanol–water partition coefficient (Wildman–Crippen LogP) is 0.875. The summed E-state index contributed by atoms with van der Waals surface area (Å²) in [4.78, 5) is 12.8. The quantitative estimate of drug-likeness (QED) is 0.734. The molecule has 2 heterocycles. The molecule has 1 aromatic heterocycles. The third-order valence-corrected chi connectivity index (χ3v) is 2.70. The monoisotopic (exact) mass is 195 g/mol. The zero-order valence-corrected chi connectivity index (χ0v) is 8.03. The molecule has 0 unspecified atom stereocenters. The van der Waals surface area contributed by atoms with Crippen LogP contribution in [0.5, 0.6) is 0 Å². The molecule has 0 spiro atoms. The fourth-order valence-electron chi connectivity index (χ4n) is 1.92. The topological polar surface area (TPSA) is 69.2 Å². The fraction of sp³-hybridized carbons (Fsp3) is 0.556. The molecule has 1 aliphatic rings. The molecule has 0 aliphatic carbocycles. The second kappa shape index (κ2) is 3.42. The van der Waals surface area contributed by atoms with E-state index >= 15 is 0 Å². The normalized spacial score (nSPS) is 22.8. The van der Waals surface area contributed by atoms with E-state index in [2.05, 4.69) is 15.1 Å². The van der Waals surface area contributed by atoms with Crippen LogP contribution in [-0.2, 0) is 0 Å². The van der Waals surface area contributed by atoms with Gasteiger partial charge in [-0.05, 0) is 32.5 Å². The van der Waals surface area contributed by atoms with Gasteiger partial charge in [-0.1, -0.05) is 0 Å². The van der Waals surface area contributed by atoms with E-state index in [9.17, 15) is 4.79 Å². The second-order valence-electron chi connectivity index (χ2n) is 3.65. The maximum atomic E-state index is 10.6. The molecule has 14 heavy (non-hydrogen) atoms. The lowest BCUT2D eigenvalue weighted by atomic mass is 10.1. The Morgan fingerprint density at radius 3 is 3.07 bits per heavy atom. The van der Waals surface area contributed by atoms with Crippen molar-refractivity contribution in [3.05, 3.63) is 17.5 Å². The van der Waals surface area contributed by atoms with E-state index in [0.29, 0.717) is 6.04 Å². The Kier molecular flexibility index (Phi) is 2.25. The van der Waals surface area contributed by atoms with E-state index in [-0.39, 0.29) is 5.69 Å². The predicted molar refractivity (Wildman–Crippen MR) is 50.2 cm³/mol. The summed E-state index contributed by atoms with van der Waals surface area (Å²) >= 11 is 0. The van der Waals surface area contributed by atoms with Crippen LogP contribution in [0.4, 0.5) is 0 Å². The Bertz CT molecular complexity index is 348. The standard InChI is InChI=1S/C9H13N3O2/c1-12-4-2-3-8(12)6-5-7(9(13)14)11-10-6/h5,8H,2-4H2,1H3,(H,10,11)(H,13,14)/t8-/m0/s1. The average Bonchev–Trinajstić information content (AvgIpc) is 2.71. The highest BCUT2D eigenvalue weighted by molar-refractivity contribution is 5.85. The van der Waals surface area contributed by atoms with Gasteiger partial charge in [-0.3, -0.25) is 10.00 Å². The van der Waals surface area contributed by atoms with Gasteiger partial charge in [0.25, 0.3) is 0 Å². The first-order valence-corrected chi connectivity index (χ1v) is 4.67. The van der Waals surface area contributed by atoms with Crippen molar-refractivity contribution in [2.45, 2.75) is 18.9 Å². The van der Waals surface area contributed by atoms with Crippen molar-refractivity contribution in [1.82, 2.24) is 15.1 Å². The molecule has 1 aliphatic heterocycles. The Morgan fingerprint density at radius 2 is 2.57 bits per heavy atom. The van der Waals surface area contributed by atoms with Crippen LogP contribution in [0.2, 0.25) is 0 Å². The van der Waals surface area contributed by atoms with Crippen molar-refractivity contribution >= 4 is 5.97 Å². The largest absolute Gasteiger partial charge is 0.476 e. The minimum atomic E-state index is -0.979. The molecule has 1 atom stereocenters. The summed E-state index contributed by atoms with van der Waals surface area (Å²) in [5, 5.41) is 15.2. The molecule has 0 aromatic carbocycles. The number of hydrogen-bond donors (Lipinski definition) is 2. The van der Waals surface area contributed by atoms with E-state index in [1.165, 1.54) is 0 Å². The lowest BCUT2D eigenvalue weighted by Gasteiger charge is -2.16. The number of carbonyl (C=O) groups is 1. The molecule has 76 valence electrons. The highest BCUT2D eigenvalue weighted by atomic mass is 16.4. The van der Waals surface area contributed by atoms with Gasteiger partial charge in [-0.15, -0.1) is 0 Å². The van der Waals surface area contributed by atoms with Crippen LogP contribution in [-0.4, -0.2) is 39.8 Å². The zero-order valence-electron chi connectivity index (χ0n) is 8.03. The lowest BCUT2D eigenvalue weighted by Crippen LogP contribution is -2.17. The number of rotatable bonds is 2. The van der Waals surface area contributed by atoms with Gasteiger partial charge < -0.3 is 5.11 Å². The van der Waals surface area contributed by atoms with Crippen LogP contribution < -0.4 is 0 Å². The Morgan fingerprint density at radius 1 is 1.79 bits per heavy atom. The van der Waals surface area contributed by atoms with Crippen molar-refractivity contribution in [2.75, 3.05) is 13.6 Å². The summed E-state index contributed by atoms with van der Waals surface area (Å²) in [5.41, 5.74) is 1.00. The number of aromatic carboxylic acids is 1. The van der Waals surface area contributed by atoms with Crippen molar-refractivity contribution in [1.29, 1.82) is 0 Å². The summed E-state index contributed by atoms with van der Waals surface area (Å²) in [6, 6.07) is 1.92. The molecule has 1 fully saturated rings. The number of nitrogens with zero attached hydrogens (tertiary/aromatic N) is 2. The highest BCUT2D eigenvalue weighted by Crippen LogP contribution is 2.28. The van der Waals surface area contributed by atoms with E-state index < -0.39 is 5.97 Å². The number of hydrogen-bond acceptors (Lipinski definition) is 3. The summed E-state index contributed by atoms with van der Waals surface area (Å²) in [6.45, 7) is 1.06. The molecule has 1 saturated heterocycles. The van der Waals surface area contributed by atoms with Gasteiger partial charge >= 0.3 is 5.97 Å². The average molecular weight is 195 g/mol. The van der Waals surface area contributed by atoms with Gasteiger partial charge in [0.2, 0.25) is 0 Å². The maximum Gasteiger partial charge on any atom is 0.356 e. The number of nitrogens with one attached hydrogen (secondary N) is 1. The van der Waals surface area contributed by atoms with Crippen LogP contribution >= 0.6 is 0 Å². The Labute approximate surface area is 81.7 Å². The maximum absolute atomic E-state index is 10.6. The molecule has 1 aromatic rings. The van der Waals surface area contributed by atoms with Crippen molar-refractivity contribution in [2.24, 2.45) is 0 Å². The molecular weight excluding hydrogens is 182 g/mol. The van der Waals surface area contributed by atoms with E-state index in [1.807, 2.05) is 7.05 Å². The minimum Gasteiger partial charge on any atom is -0.476 e. The van der Waals surface area contributed by atoms with Gasteiger partial charge in [0.1, 0.15) is 0 Å². The van der Waals surface area contributed by atoms with Crippen molar-refractivity contribution in [3.8, 4) is 0 Å². The number of aromatic amines is 1. The SMILES string of the molecule is CN1CCC[C@H]1c1cc(C(=O)O)n[nH]1. The van der Waals surface area contributed by atoms with Gasteiger partial charge in [-0.2, -0.15) is 5.10 Å². The highest BCUT2D eigenvalue weighted by Gasteiger charge is 2.24. The summed E-state index contributed by atoms with van der Waals surface area (Å²) in [6.07, 6.45) is 2.22. The second-order valence-corrected chi connectivity index (χ2v) is 3.65. The fourth-order valence-corrected chi connectivity index (χ4v) is 1.92. The molecule has 2 rings (SSSR count). The first-order valence-electron chi connectivity index (χ1n) is 4.67. The van der Waals surface area contributed by atoms with Crippen molar-refractivity contribution < 1.29 is 9.90 Å². The third kappa shape index (κ3) is 1.50. The number of carboxylic acids is 1. The first kappa shape index (κ1) is 9.21. The van der Waals surface area contributed by atoms with E-state index in [0.717, 1.165) is 25.1 Å². The van der Waals surface area contributed by atoms with Gasteiger partial charge in [-0.25, -0.2) is 4.79 Å². The van der Waals surface area contributed by atoms with Gasteiger partial charge in [0.15, 0.2) is 5.69 Å². The van der Waals surface area contributed by atoms with Crippen LogP contribution in [0.25, 0.3) is 0 Å². The Balaban J connectivity index is 2.20. The zero-order chi connectivity index (χ0) is 10.1. The molecule has 0 radical (unpaired) electrons. The molecular formula is C9H13N3O2. The summed E-state index contributed by atoms with van der Waals surface area (Å²) in [7, 11) is 2.04. The molecule has 0 saturated carbocycles. The lowest BCUT2D eigenvalue weighted by molar-refractivity contribution is 0.0690. The molecule has 5 heteroatoms. The molecule has 2 N–H and O–H groups in total. The summed E-state index contributed by atoms with van der Waals surface area (Å²) in [5.74, 6) is -0.979. The smallest absolute Gasteiger partial charge is 0.356 e. The van der Waals surface area contributed by atoms with E-state index in [4.69, 9.17) is 5.11 Å². The molecule has 0 bridgehead atoms. The Hall–Kier alpha value is -1.36. The third-order valence-electron chi connectivity index (χ3n) is 2.70. The molecule has 5 nitrogen and oxygen atoms in total. The van der Waals surface area contributed by atoms with E-state index in [1.54, 1.807) is 6.07 Å². The van der Waals surface area contributed by atoms with Gasteiger partial charge in [0, 0.05) is 0 Å². The van der Waals surface area contributed by atoms with Crippen LogP contribution in [0.1, 0.15) is 35.1 Å². The number of H-pyrrole nitrogens is 1. The number of likely N-dealkylation sites (tertiary alicyclic amines) is 1. The minimum absolute atomic E-state index is 0.0975. The summed E-state index contributed by atoms with van der Waals surface area (Å²) < 4.78 is 0.